The monoisotopic (exact) mass is 582 g/mol. The van der Waals surface area contributed by atoms with E-state index in [9.17, 15) is 0 Å². The number of hydrogen-bond donors (Lipinski definition) is 3. The van der Waals surface area contributed by atoms with Crippen LogP contribution < -0.4 is 21.5 Å². The number of aromatic nitrogens is 5. The largest absolute Gasteiger partial charge is 0.495 e. The Hall–Kier alpha value is -3.19. The third kappa shape index (κ3) is 5.28. The molecule has 3 aromatic heterocycles. The van der Waals surface area contributed by atoms with Crippen LogP contribution in [0.1, 0.15) is 36.6 Å². The number of nitrogens with one attached hydrogen (secondary N) is 1. The summed E-state index contributed by atoms with van der Waals surface area (Å²) in [4.78, 5) is 19.0. The van der Waals surface area contributed by atoms with E-state index in [-0.39, 0.29) is 6.04 Å². The van der Waals surface area contributed by atoms with Crippen LogP contribution in [-0.4, -0.2) is 80.9 Å². The Labute approximate surface area is 242 Å². The second kappa shape index (κ2) is 11.4. The van der Waals surface area contributed by atoms with Crippen molar-refractivity contribution in [1.82, 2.24) is 34.5 Å². The molecule has 1 aliphatic heterocycles. The quantitative estimate of drug-likeness (QED) is 0.292. The fraction of sp³-hybridized carbons (Fsp3) is 0.481. The highest BCUT2D eigenvalue weighted by molar-refractivity contribution is 7.15. The van der Waals surface area contributed by atoms with Crippen LogP contribution in [0.3, 0.4) is 0 Å². The number of anilines is 3. The predicted molar refractivity (Wildman–Crippen MR) is 161 cm³/mol. The van der Waals surface area contributed by atoms with Crippen molar-refractivity contribution in [1.29, 1.82) is 0 Å². The molecule has 0 bridgehead atoms. The van der Waals surface area contributed by atoms with Crippen LogP contribution >= 0.6 is 22.9 Å². The van der Waals surface area contributed by atoms with Crippen LogP contribution in [0.25, 0.3) is 22.3 Å². The maximum Gasteiger partial charge on any atom is 0.181 e. The Morgan fingerprint density at radius 2 is 1.82 bits per heavy atom. The van der Waals surface area contributed by atoms with E-state index in [2.05, 4.69) is 41.8 Å². The highest BCUT2D eigenvalue weighted by Crippen LogP contribution is 2.39. The SMILES string of the molecule is COc1cc(-c2nn(C3CCC(N4CCN(C)CC4)CC3)c3ncnc(N)c23)ccc1NCc1sc(N)nc1Cl. The lowest BCUT2D eigenvalue weighted by atomic mass is 9.90. The third-order valence-electron chi connectivity index (χ3n) is 8.17. The molecule has 1 saturated carbocycles. The van der Waals surface area contributed by atoms with Crippen molar-refractivity contribution in [3.63, 3.8) is 0 Å². The first-order valence-electron chi connectivity index (χ1n) is 13.7. The van der Waals surface area contributed by atoms with Gasteiger partial charge in [0.05, 0.1) is 35.6 Å². The van der Waals surface area contributed by atoms with Gasteiger partial charge in [0.15, 0.2) is 10.8 Å². The molecule has 4 aromatic rings. The third-order valence-corrected chi connectivity index (χ3v) is 9.47. The van der Waals surface area contributed by atoms with E-state index in [1.165, 1.54) is 17.7 Å². The van der Waals surface area contributed by atoms with Gasteiger partial charge in [-0.2, -0.15) is 5.10 Å². The molecule has 0 spiro atoms. The summed E-state index contributed by atoms with van der Waals surface area (Å²) < 4.78 is 7.82. The van der Waals surface area contributed by atoms with Gasteiger partial charge >= 0.3 is 0 Å². The zero-order valence-electron chi connectivity index (χ0n) is 22.8. The summed E-state index contributed by atoms with van der Waals surface area (Å²) in [7, 11) is 3.85. The van der Waals surface area contributed by atoms with Crippen LogP contribution in [0.2, 0.25) is 5.15 Å². The highest BCUT2D eigenvalue weighted by atomic mass is 35.5. The standard InChI is InChI=1S/C27H35ClN10OS/c1-36-9-11-37(12-10-36)17-4-6-18(7-5-17)38-26-22(25(29)32-15-33-26)23(35-38)16-3-8-19(20(13-16)39-2)31-14-21-24(28)34-27(30)40-21/h3,8,13,15,17-18,31H,4-7,9-12,14H2,1-2H3,(H2,30,34)(H2,29,32,33). The number of thiazole rings is 1. The molecule has 5 N–H and O–H groups in total. The lowest BCUT2D eigenvalue weighted by molar-refractivity contribution is 0.0815. The van der Waals surface area contributed by atoms with Gasteiger partial charge in [-0.3, -0.25) is 4.90 Å². The van der Waals surface area contributed by atoms with Crippen molar-refractivity contribution in [2.45, 2.75) is 44.3 Å². The fourth-order valence-corrected chi connectivity index (χ4v) is 6.91. The van der Waals surface area contributed by atoms with E-state index in [1.54, 1.807) is 7.11 Å². The molecule has 6 rings (SSSR count). The fourth-order valence-electron chi connectivity index (χ4n) is 5.93. The molecule has 2 aliphatic rings. The maximum absolute atomic E-state index is 6.41. The second-order valence-corrected chi connectivity index (χ2v) is 12.1. The Kier molecular flexibility index (Phi) is 7.67. The normalized spacial score (nSPS) is 20.7. The minimum Gasteiger partial charge on any atom is -0.495 e. The average molecular weight is 583 g/mol. The van der Waals surface area contributed by atoms with Crippen molar-refractivity contribution in [3.8, 4) is 17.0 Å². The van der Waals surface area contributed by atoms with Crippen LogP contribution in [0.4, 0.5) is 16.6 Å². The van der Waals surface area contributed by atoms with Crippen LogP contribution in [0, 0.1) is 0 Å². The number of methoxy groups -OCH3 is 1. The summed E-state index contributed by atoms with van der Waals surface area (Å²) in [5, 5.41) is 10.1. The number of fused-ring (bicyclic) bond motifs is 1. The summed E-state index contributed by atoms with van der Waals surface area (Å²) in [5.74, 6) is 1.10. The van der Waals surface area contributed by atoms with Gasteiger partial charge in [0.2, 0.25) is 0 Å². The molecule has 0 unspecified atom stereocenters. The topological polar surface area (TPSA) is 136 Å². The number of ether oxygens (including phenoxy) is 1. The molecule has 11 nitrogen and oxygen atoms in total. The summed E-state index contributed by atoms with van der Waals surface area (Å²) in [5.41, 5.74) is 15.5. The van der Waals surface area contributed by atoms with Gasteiger partial charge in [-0.05, 0) is 44.9 Å². The first-order chi connectivity index (χ1) is 19.4. The van der Waals surface area contributed by atoms with Crippen molar-refractivity contribution >= 4 is 50.6 Å². The average Bonchev–Trinajstić information content (AvgIpc) is 3.52. The minimum absolute atomic E-state index is 0.272. The molecule has 0 amide bonds. The Bertz CT molecular complexity index is 1490. The summed E-state index contributed by atoms with van der Waals surface area (Å²) in [6.07, 6.45) is 5.98. The molecule has 1 aliphatic carbocycles. The number of nitrogen functional groups attached to an aromatic ring is 2. The van der Waals surface area contributed by atoms with E-state index in [1.807, 2.05) is 18.2 Å². The van der Waals surface area contributed by atoms with E-state index in [0.29, 0.717) is 34.4 Å². The van der Waals surface area contributed by atoms with Crippen molar-refractivity contribution in [3.05, 3.63) is 34.6 Å². The zero-order chi connectivity index (χ0) is 27.8. The van der Waals surface area contributed by atoms with Gasteiger partial charge in [0.1, 0.15) is 28.7 Å². The number of nitrogens with zero attached hydrogens (tertiary/aromatic N) is 7. The molecule has 4 heterocycles. The van der Waals surface area contributed by atoms with Gasteiger partial charge in [0.25, 0.3) is 0 Å². The van der Waals surface area contributed by atoms with Gasteiger partial charge < -0.3 is 26.4 Å². The summed E-state index contributed by atoms with van der Waals surface area (Å²) in [6, 6.07) is 6.86. The molecular formula is C27H35ClN10OS. The van der Waals surface area contributed by atoms with Crippen molar-refractivity contribution in [2.24, 2.45) is 0 Å². The molecular weight excluding hydrogens is 548 g/mol. The van der Waals surface area contributed by atoms with Gasteiger partial charge in [-0.25, -0.2) is 19.6 Å². The Balaban J connectivity index is 1.25. The number of rotatable bonds is 7. The number of hydrogen-bond acceptors (Lipinski definition) is 11. The molecule has 212 valence electrons. The van der Waals surface area contributed by atoms with Gasteiger partial charge in [-0.1, -0.05) is 29.0 Å². The van der Waals surface area contributed by atoms with Gasteiger partial charge in [0, 0.05) is 37.8 Å². The molecule has 40 heavy (non-hydrogen) atoms. The molecule has 0 radical (unpaired) electrons. The Morgan fingerprint density at radius 1 is 1.07 bits per heavy atom. The van der Waals surface area contributed by atoms with Crippen molar-refractivity contribution < 1.29 is 4.74 Å². The molecule has 13 heteroatoms. The van der Waals surface area contributed by atoms with Crippen LogP contribution in [-0.2, 0) is 6.54 Å². The van der Waals surface area contributed by atoms with E-state index in [4.69, 9.17) is 32.9 Å². The zero-order valence-corrected chi connectivity index (χ0v) is 24.4. The number of nitrogens with two attached hydrogens (primary N) is 2. The smallest absolute Gasteiger partial charge is 0.181 e. The number of likely N-dealkylation sites (N-methyl/N-ethyl adjacent to an activating group) is 1. The molecule has 2 fully saturated rings. The van der Waals surface area contributed by atoms with Gasteiger partial charge in [-0.15, -0.1) is 0 Å². The summed E-state index contributed by atoms with van der Waals surface area (Å²) >= 11 is 7.55. The second-order valence-electron chi connectivity index (χ2n) is 10.6. The van der Waals surface area contributed by atoms with E-state index >= 15 is 0 Å². The summed E-state index contributed by atoms with van der Waals surface area (Å²) in [6.45, 7) is 5.09. The first kappa shape index (κ1) is 27.0. The lowest BCUT2D eigenvalue weighted by Gasteiger charge is -2.41. The van der Waals surface area contributed by atoms with Crippen molar-refractivity contribution in [2.75, 3.05) is 57.1 Å². The highest BCUT2D eigenvalue weighted by Gasteiger charge is 2.30. The molecule has 1 saturated heterocycles. The lowest BCUT2D eigenvalue weighted by Crippen LogP contribution is -2.49. The Morgan fingerprint density at radius 3 is 2.52 bits per heavy atom. The molecule has 0 atom stereocenters. The van der Waals surface area contributed by atoms with Crippen LogP contribution in [0.15, 0.2) is 24.5 Å². The number of halogens is 1. The van der Waals surface area contributed by atoms with E-state index < -0.39 is 0 Å². The minimum atomic E-state index is 0.272. The van der Waals surface area contributed by atoms with Crippen LogP contribution in [0.5, 0.6) is 5.75 Å². The van der Waals surface area contributed by atoms with E-state index in [0.717, 1.165) is 84.7 Å². The molecule has 1 aromatic carbocycles. The predicted octanol–water partition coefficient (Wildman–Crippen LogP) is 4.12. The number of benzene rings is 1. The first-order valence-corrected chi connectivity index (χ1v) is 14.8. The maximum atomic E-state index is 6.41. The number of piperazine rings is 1.